The van der Waals surface area contributed by atoms with Crippen LogP contribution in [0.15, 0.2) is 55.1 Å². The number of H-pyrrole nitrogens is 1. The van der Waals surface area contributed by atoms with E-state index in [9.17, 15) is 0 Å². The van der Waals surface area contributed by atoms with Gasteiger partial charge in [0.05, 0.1) is 17.2 Å². The number of hydrogen-bond donors (Lipinski definition) is 1. The summed E-state index contributed by atoms with van der Waals surface area (Å²) in [6.45, 7) is 1.05. The zero-order valence-electron chi connectivity index (χ0n) is 12.4. The van der Waals surface area contributed by atoms with Crippen LogP contribution < -0.4 is 0 Å². The second-order valence-electron chi connectivity index (χ2n) is 5.66. The number of hydrogen-bond acceptors (Lipinski definition) is 2. The number of aromatic nitrogens is 4. The number of unbranched alkanes of at least 4 members (excludes halogenated alkanes) is 1. The van der Waals surface area contributed by atoms with E-state index >= 15 is 0 Å². The second kappa shape index (κ2) is 5.64. The zero-order valence-corrected chi connectivity index (χ0v) is 12.4. The summed E-state index contributed by atoms with van der Waals surface area (Å²) in [7, 11) is 0. The molecule has 0 saturated carbocycles. The van der Waals surface area contributed by atoms with Crippen molar-refractivity contribution < 1.29 is 0 Å². The maximum Gasteiger partial charge on any atom is 0.107 e. The summed E-state index contributed by atoms with van der Waals surface area (Å²) >= 11 is 0. The third kappa shape index (κ3) is 2.60. The van der Waals surface area contributed by atoms with Gasteiger partial charge in [-0.15, -0.1) is 0 Å². The van der Waals surface area contributed by atoms with E-state index in [-0.39, 0.29) is 0 Å². The van der Waals surface area contributed by atoms with Crippen molar-refractivity contribution in [2.75, 3.05) is 0 Å². The van der Waals surface area contributed by atoms with Crippen molar-refractivity contribution >= 4 is 21.8 Å². The Kier molecular flexibility index (Phi) is 3.35. The molecule has 4 heteroatoms. The quantitative estimate of drug-likeness (QED) is 0.566. The van der Waals surface area contributed by atoms with Crippen LogP contribution in [0.1, 0.15) is 18.7 Å². The molecule has 3 aromatic heterocycles. The summed E-state index contributed by atoms with van der Waals surface area (Å²) in [5.74, 6) is 1.06. The number of benzene rings is 1. The van der Waals surface area contributed by atoms with Crippen molar-refractivity contribution in [3.63, 3.8) is 0 Å². The maximum atomic E-state index is 4.59. The topological polar surface area (TPSA) is 46.5 Å². The molecule has 0 aliphatic carbocycles. The molecule has 4 nitrogen and oxygen atoms in total. The van der Waals surface area contributed by atoms with Crippen molar-refractivity contribution in [3.8, 4) is 0 Å². The number of nitrogens with one attached hydrogen (secondary N) is 1. The molecule has 0 aliphatic heterocycles. The number of pyridine rings is 1. The van der Waals surface area contributed by atoms with Crippen LogP contribution in [0.2, 0.25) is 0 Å². The lowest BCUT2D eigenvalue weighted by atomic mass is 10.2. The molecular weight excluding hydrogens is 272 g/mol. The number of aromatic amines is 1. The van der Waals surface area contributed by atoms with Gasteiger partial charge >= 0.3 is 0 Å². The van der Waals surface area contributed by atoms with E-state index in [0.29, 0.717) is 0 Å². The first-order valence-electron chi connectivity index (χ1n) is 7.72. The fourth-order valence-corrected chi connectivity index (χ4v) is 2.88. The molecule has 0 unspecified atom stereocenters. The lowest BCUT2D eigenvalue weighted by Gasteiger charge is -2.01. The molecule has 0 bridgehead atoms. The van der Waals surface area contributed by atoms with E-state index in [1.807, 2.05) is 12.3 Å². The lowest BCUT2D eigenvalue weighted by molar-refractivity contribution is 0.606. The van der Waals surface area contributed by atoms with Crippen LogP contribution in [0.25, 0.3) is 21.8 Å². The fourth-order valence-electron chi connectivity index (χ4n) is 2.88. The second-order valence-corrected chi connectivity index (χ2v) is 5.66. The molecule has 0 saturated heterocycles. The summed E-state index contributed by atoms with van der Waals surface area (Å²) < 4.78 is 2.28. The van der Waals surface area contributed by atoms with Crippen LogP contribution in [0, 0.1) is 0 Å². The number of aryl methyl sites for hydroxylation is 2. The molecule has 1 aromatic carbocycles. The predicted molar refractivity (Wildman–Crippen MR) is 88.8 cm³/mol. The van der Waals surface area contributed by atoms with Gasteiger partial charge in [0.2, 0.25) is 0 Å². The van der Waals surface area contributed by atoms with Gasteiger partial charge in [-0.25, -0.2) is 4.98 Å². The molecule has 22 heavy (non-hydrogen) atoms. The SMILES string of the molecule is c1ccc2cn(CCCCc3nc4ccncc4[nH]3)cc2c1. The smallest absolute Gasteiger partial charge is 0.107 e. The minimum Gasteiger partial charge on any atom is -0.353 e. The molecule has 0 fully saturated rings. The van der Waals surface area contributed by atoms with Crippen LogP contribution in [0.5, 0.6) is 0 Å². The Bertz CT molecular complexity index is 761. The molecule has 0 radical (unpaired) electrons. The zero-order chi connectivity index (χ0) is 14.8. The van der Waals surface area contributed by atoms with Gasteiger partial charge in [-0.2, -0.15) is 0 Å². The van der Waals surface area contributed by atoms with Crippen molar-refractivity contribution in [3.05, 3.63) is 60.9 Å². The summed E-state index contributed by atoms with van der Waals surface area (Å²) in [6.07, 6.45) is 11.3. The lowest BCUT2D eigenvalue weighted by Crippen LogP contribution is -1.96. The normalized spacial score (nSPS) is 11.5. The van der Waals surface area contributed by atoms with E-state index in [4.69, 9.17) is 0 Å². The van der Waals surface area contributed by atoms with Crippen molar-refractivity contribution in [1.29, 1.82) is 0 Å². The van der Waals surface area contributed by atoms with Crippen molar-refractivity contribution in [1.82, 2.24) is 19.5 Å². The van der Waals surface area contributed by atoms with E-state index in [1.165, 1.54) is 10.8 Å². The molecular formula is C18H18N4. The van der Waals surface area contributed by atoms with E-state index in [0.717, 1.165) is 42.7 Å². The highest BCUT2D eigenvalue weighted by atomic mass is 14.9. The minimum atomic E-state index is 0.982. The van der Waals surface area contributed by atoms with Gasteiger partial charge in [0.15, 0.2) is 0 Å². The van der Waals surface area contributed by atoms with Gasteiger partial charge in [-0.1, -0.05) is 24.3 Å². The third-order valence-corrected chi connectivity index (χ3v) is 4.02. The van der Waals surface area contributed by atoms with Crippen LogP contribution >= 0.6 is 0 Å². The first kappa shape index (κ1) is 13.1. The Morgan fingerprint density at radius 1 is 1.00 bits per heavy atom. The van der Waals surface area contributed by atoms with E-state index in [1.54, 1.807) is 6.20 Å². The molecule has 4 aromatic rings. The Morgan fingerprint density at radius 3 is 2.59 bits per heavy atom. The largest absolute Gasteiger partial charge is 0.353 e. The maximum absolute atomic E-state index is 4.59. The number of rotatable bonds is 5. The number of fused-ring (bicyclic) bond motifs is 2. The predicted octanol–water partition coefficient (Wildman–Crippen LogP) is 3.94. The highest BCUT2D eigenvalue weighted by Crippen LogP contribution is 2.15. The van der Waals surface area contributed by atoms with Gasteiger partial charge in [-0.05, 0) is 29.7 Å². The molecule has 1 N–H and O–H groups in total. The van der Waals surface area contributed by atoms with Gasteiger partial charge in [0, 0.05) is 31.6 Å². The molecule has 0 aliphatic rings. The Labute approximate surface area is 128 Å². The summed E-state index contributed by atoms with van der Waals surface area (Å²) in [5, 5.41) is 2.62. The summed E-state index contributed by atoms with van der Waals surface area (Å²) in [6, 6.07) is 10.4. The van der Waals surface area contributed by atoms with Crippen LogP contribution in [0.4, 0.5) is 0 Å². The van der Waals surface area contributed by atoms with Crippen LogP contribution in [-0.2, 0) is 13.0 Å². The van der Waals surface area contributed by atoms with Gasteiger partial charge in [-0.3, -0.25) is 4.98 Å². The van der Waals surface area contributed by atoms with Crippen molar-refractivity contribution in [2.24, 2.45) is 0 Å². The monoisotopic (exact) mass is 290 g/mol. The molecule has 4 rings (SSSR count). The summed E-state index contributed by atoms with van der Waals surface area (Å²) in [4.78, 5) is 12.0. The number of imidazole rings is 1. The Balaban J connectivity index is 1.35. The standard InChI is InChI=1S/C18H18N4/c1-2-6-15-13-22(12-14(15)5-1)10-4-3-7-18-20-16-8-9-19-11-17(16)21-18/h1-2,5-6,8-9,11-13H,3-4,7,10H2,(H,20,21). The minimum absolute atomic E-state index is 0.982. The van der Waals surface area contributed by atoms with Crippen molar-refractivity contribution in [2.45, 2.75) is 25.8 Å². The average molecular weight is 290 g/mol. The van der Waals surface area contributed by atoms with E-state index in [2.05, 4.69) is 56.2 Å². The molecule has 0 spiro atoms. The highest BCUT2D eigenvalue weighted by molar-refractivity contribution is 5.82. The molecule has 0 atom stereocenters. The first-order valence-corrected chi connectivity index (χ1v) is 7.72. The number of nitrogens with zero attached hydrogens (tertiary/aromatic N) is 3. The fraction of sp³-hybridized carbons (Fsp3) is 0.222. The van der Waals surface area contributed by atoms with Gasteiger partial charge in [0.1, 0.15) is 5.82 Å². The van der Waals surface area contributed by atoms with Gasteiger partial charge < -0.3 is 9.55 Å². The van der Waals surface area contributed by atoms with Crippen LogP contribution in [0.3, 0.4) is 0 Å². The molecule has 0 amide bonds. The Morgan fingerprint density at radius 2 is 1.82 bits per heavy atom. The molecule has 110 valence electrons. The van der Waals surface area contributed by atoms with E-state index < -0.39 is 0 Å². The summed E-state index contributed by atoms with van der Waals surface area (Å²) in [5.41, 5.74) is 2.02. The van der Waals surface area contributed by atoms with Gasteiger partial charge in [0.25, 0.3) is 0 Å². The highest BCUT2D eigenvalue weighted by Gasteiger charge is 2.02. The molecule has 3 heterocycles. The third-order valence-electron chi connectivity index (χ3n) is 4.02. The average Bonchev–Trinajstić information content (AvgIpc) is 3.14. The first-order chi connectivity index (χ1) is 10.9. The Hall–Kier alpha value is -2.62. The van der Waals surface area contributed by atoms with Crippen LogP contribution in [-0.4, -0.2) is 19.5 Å².